The number of hydrogen-bond donors (Lipinski definition) is 1. The standard InChI is InChI=1S/C16H20O4/c1-11(12-7-3-2-4-8-12)20-16(19)15(18)13-9-5-6-10-14(13)17/h2-4,7-8,11,13,15,18H,5-6,9-10H2,1H3. The molecular weight excluding hydrogens is 256 g/mol. The SMILES string of the molecule is CC(OC(=O)C(O)C1CCCCC1=O)c1ccccc1. The van der Waals surface area contributed by atoms with Crippen molar-refractivity contribution in [3.63, 3.8) is 0 Å². The predicted molar refractivity (Wildman–Crippen MR) is 73.9 cm³/mol. The molecule has 4 heteroatoms. The number of benzene rings is 1. The lowest BCUT2D eigenvalue weighted by molar-refractivity contribution is -0.164. The molecule has 1 aromatic carbocycles. The van der Waals surface area contributed by atoms with Gasteiger partial charge in [-0.2, -0.15) is 0 Å². The molecule has 1 aliphatic rings. The van der Waals surface area contributed by atoms with E-state index < -0.39 is 24.1 Å². The first kappa shape index (κ1) is 14.7. The molecule has 1 saturated carbocycles. The first-order valence-corrected chi connectivity index (χ1v) is 7.06. The molecule has 20 heavy (non-hydrogen) atoms. The number of esters is 1. The molecule has 1 fully saturated rings. The Hall–Kier alpha value is -1.68. The highest BCUT2D eigenvalue weighted by atomic mass is 16.6. The van der Waals surface area contributed by atoms with Crippen LogP contribution in [0.2, 0.25) is 0 Å². The van der Waals surface area contributed by atoms with E-state index in [9.17, 15) is 14.7 Å². The molecule has 2 rings (SSSR count). The van der Waals surface area contributed by atoms with Crippen molar-refractivity contribution in [2.45, 2.75) is 44.8 Å². The Kier molecular flexibility index (Phi) is 4.90. The van der Waals surface area contributed by atoms with Crippen LogP contribution in [0, 0.1) is 5.92 Å². The number of hydrogen-bond acceptors (Lipinski definition) is 4. The van der Waals surface area contributed by atoms with Gasteiger partial charge in [-0.1, -0.05) is 36.8 Å². The fourth-order valence-corrected chi connectivity index (χ4v) is 2.54. The van der Waals surface area contributed by atoms with Crippen molar-refractivity contribution in [2.75, 3.05) is 0 Å². The lowest BCUT2D eigenvalue weighted by Gasteiger charge is -2.25. The summed E-state index contributed by atoms with van der Waals surface area (Å²) in [4.78, 5) is 23.7. The van der Waals surface area contributed by atoms with Crippen molar-refractivity contribution >= 4 is 11.8 Å². The van der Waals surface area contributed by atoms with E-state index in [0.717, 1.165) is 18.4 Å². The summed E-state index contributed by atoms with van der Waals surface area (Å²) in [5.74, 6) is -1.34. The summed E-state index contributed by atoms with van der Waals surface area (Å²) in [5, 5.41) is 10.0. The van der Waals surface area contributed by atoms with E-state index in [1.807, 2.05) is 30.3 Å². The maximum atomic E-state index is 11.9. The van der Waals surface area contributed by atoms with Gasteiger partial charge in [-0.15, -0.1) is 0 Å². The summed E-state index contributed by atoms with van der Waals surface area (Å²) in [7, 11) is 0. The summed E-state index contributed by atoms with van der Waals surface area (Å²) < 4.78 is 5.26. The van der Waals surface area contributed by atoms with Crippen LogP contribution in [0.1, 0.15) is 44.3 Å². The Morgan fingerprint density at radius 2 is 2.00 bits per heavy atom. The minimum atomic E-state index is -1.34. The van der Waals surface area contributed by atoms with Crippen LogP contribution >= 0.6 is 0 Å². The van der Waals surface area contributed by atoms with Gasteiger partial charge in [-0.3, -0.25) is 4.79 Å². The van der Waals surface area contributed by atoms with Gasteiger partial charge in [0.1, 0.15) is 11.9 Å². The van der Waals surface area contributed by atoms with E-state index in [0.29, 0.717) is 12.8 Å². The summed E-state index contributed by atoms with van der Waals surface area (Å²) in [5.41, 5.74) is 0.864. The van der Waals surface area contributed by atoms with Gasteiger partial charge in [-0.05, 0) is 25.3 Å². The molecule has 0 saturated heterocycles. The lowest BCUT2D eigenvalue weighted by Crippen LogP contribution is -2.38. The summed E-state index contributed by atoms with van der Waals surface area (Å²) in [6.45, 7) is 1.75. The van der Waals surface area contributed by atoms with E-state index in [2.05, 4.69) is 0 Å². The van der Waals surface area contributed by atoms with Crippen molar-refractivity contribution in [3.05, 3.63) is 35.9 Å². The smallest absolute Gasteiger partial charge is 0.336 e. The fraction of sp³-hybridized carbons (Fsp3) is 0.500. The molecule has 1 N–H and O–H groups in total. The number of aliphatic hydroxyl groups is 1. The highest BCUT2D eigenvalue weighted by molar-refractivity contribution is 5.88. The summed E-state index contributed by atoms with van der Waals surface area (Å²) >= 11 is 0. The van der Waals surface area contributed by atoms with Gasteiger partial charge < -0.3 is 9.84 Å². The van der Waals surface area contributed by atoms with Gasteiger partial charge in [-0.25, -0.2) is 4.79 Å². The first-order valence-electron chi connectivity index (χ1n) is 7.06. The van der Waals surface area contributed by atoms with Crippen molar-refractivity contribution in [3.8, 4) is 0 Å². The van der Waals surface area contributed by atoms with Crippen molar-refractivity contribution in [1.82, 2.24) is 0 Å². The molecule has 0 heterocycles. The third kappa shape index (κ3) is 3.45. The van der Waals surface area contributed by atoms with E-state index in [1.54, 1.807) is 6.92 Å². The molecule has 0 bridgehead atoms. The Labute approximate surface area is 118 Å². The zero-order valence-corrected chi connectivity index (χ0v) is 11.6. The minimum Gasteiger partial charge on any atom is -0.456 e. The number of carbonyl (C=O) groups is 2. The number of aliphatic hydroxyl groups excluding tert-OH is 1. The number of ketones is 1. The average Bonchev–Trinajstić information content (AvgIpc) is 2.48. The van der Waals surface area contributed by atoms with Crippen molar-refractivity contribution < 1.29 is 19.4 Å². The van der Waals surface area contributed by atoms with Crippen LogP contribution < -0.4 is 0 Å². The second-order valence-corrected chi connectivity index (χ2v) is 5.25. The first-order chi connectivity index (χ1) is 9.59. The minimum absolute atomic E-state index is 0.0342. The Morgan fingerprint density at radius 3 is 2.65 bits per heavy atom. The molecule has 3 unspecified atom stereocenters. The van der Waals surface area contributed by atoms with E-state index in [4.69, 9.17) is 4.74 Å². The molecule has 4 nitrogen and oxygen atoms in total. The average molecular weight is 276 g/mol. The highest BCUT2D eigenvalue weighted by Gasteiger charge is 2.35. The van der Waals surface area contributed by atoms with Crippen LogP contribution in [-0.4, -0.2) is 23.0 Å². The molecule has 1 aromatic rings. The van der Waals surface area contributed by atoms with E-state index >= 15 is 0 Å². The third-order valence-electron chi connectivity index (χ3n) is 3.79. The molecule has 0 aromatic heterocycles. The number of Topliss-reactive ketones (excluding diaryl/α,β-unsaturated/α-hetero) is 1. The Morgan fingerprint density at radius 1 is 1.30 bits per heavy atom. The van der Waals surface area contributed by atoms with Crippen molar-refractivity contribution in [2.24, 2.45) is 5.92 Å². The Bertz CT molecular complexity index is 469. The van der Waals surface area contributed by atoms with E-state index in [1.165, 1.54) is 0 Å². The van der Waals surface area contributed by atoms with Gasteiger partial charge in [0.2, 0.25) is 0 Å². The molecule has 3 atom stereocenters. The van der Waals surface area contributed by atoms with Crippen molar-refractivity contribution in [1.29, 1.82) is 0 Å². The zero-order chi connectivity index (χ0) is 14.5. The quantitative estimate of drug-likeness (QED) is 0.858. The molecule has 0 spiro atoms. The number of rotatable bonds is 4. The largest absolute Gasteiger partial charge is 0.456 e. The molecule has 0 radical (unpaired) electrons. The molecule has 0 amide bonds. The number of ether oxygens (including phenoxy) is 1. The van der Waals surface area contributed by atoms with Crippen LogP contribution in [-0.2, 0) is 14.3 Å². The van der Waals surface area contributed by atoms with E-state index in [-0.39, 0.29) is 5.78 Å². The lowest BCUT2D eigenvalue weighted by atomic mass is 9.84. The van der Waals surface area contributed by atoms with Crippen LogP contribution in [0.5, 0.6) is 0 Å². The fourth-order valence-electron chi connectivity index (χ4n) is 2.54. The van der Waals surface area contributed by atoms with Gasteiger partial charge in [0, 0.05) is 6.42 Å². The normalized spacial score (nSPS) is 22.1. The predicted octanol–water partition coefficient (Wildman–Crippen LogP) is 2.41. The topological polar surface area (TPSA) is 63.6 Å². The Balaban J connectivity index is 1.95. The van der Waals surface area contributed by atoms with Gasteiger partial charge in [0.15, 0.2) is 6.10 Å². The van der Waals surface area contributed by atoms with Crippen LogP contribution in [0.15, 0.2) is 30.3 Å². The zero-order valence-electron chi connectivity index (χ0n) is 11.6. The maximum absolute atomic E-state index is 11.9. The molecule has 108 valence electrons. The van der Waals surface area contributed by atoms with Gasteiger partial charge in [0.05, 0.1) is 5.92 Å². The summed E-state index contributed by atoms with van der Waals surface area (Å²) in [6.07, 6.45) is 0.955. The molecule has 0 aliphatic heterocycles. The van der Waals surface area contributed by atoms with Gasteiger partial charge in [0.25, 0.3) is 0 Å². The van der Waals surface area contributed by atoms with Crippen LogP contribution in [0.4, 0.5) is 0 Å². The van der Waals surface area contributed by atoms with Crippen LogP contribution in [0.3, 0.4) is 0 Å². The maximum Gasteiger partial charge on any atom is 0.336 e. The second kappa shape index (κ2) is 6.66. The monoisotopic (exact) mass is 276 g/mol. The molecular formula is C16H20O4. The highest BCUT2D eigenvalue weighted by Crippen LogP contribution is 2.25. The molecule has 1 aliphatic carbocycles. The number of carbonyl (C=O) groups excluding carboxylic acids is 2. The summed E-state index contributed by atoms with van der Waals surface area (Å²) in [6, 6.07) is 9.32. The second-order valence-electron chi connectivity index (χ2n) is 5.25. The third-order valence-corrected chi connectivity index (χ3v) is 3.79. The van der Waals surface area contributed by atoms with Crippen LogP contribution in [0.25, 0.3) is 0 Å². The van der Waals surface area contributed by atoms with Gasteiger partial charge >= 0.3 is 5.97 Å².